The molecule has 2 aromatic rings. The summed E-state index contributed by atoms with van der Waals surface area (Å²) in [5, 5.41) is 13.7. The summed E-state index contributed by atoms with van der Waals surface area (Å²) in [6.07, 6.45) is 0. The van der Waals surface area contributed by atoms with E-state index >= 15 is 0 Å². The number of hydrogen-bond donors (Lipinski definition) is 3. The molecule has 1 aromatic carbocycles. The van der Waals surface area contributed by atoms with Crippen molar-refractivity contribution in [3.8, 4) is 0 Å². The van der Waals surface area contributed by atoms with Crippen molar-refractivity contribution < 1.29 is 4.79 Å². The number of benzene rings is 1. The van der Waals surface area contributed by atoms with Crippen molar-refractivity contribution in [2.75, 3.05) is 18.4 Å². The van der Waals surface area contributed by atoms with Gasteiger partial charge in [-0.15, -0.1) is 0 Å². The van der Waals surface area contributed by atoms with Gasteiger partial charge in [0.15, 0.2) is 5.11 Å². The fourth-order valence-electron chi connectivity index (χ4n) is 1.99. The summed E-state index contributed by atoms with van der Waals surface area (Å²) in [4.78, 5) is 11.9. The van der Waals surface area contributed by atoms with Crippen LogP contribution in [-0.4, -0.2) is 33.9 Å². The first kappa shape index (κ1) is 17.0. The molecule has 1 heterocycles. The van der Waals surface area contributed by atoms with E-state index in [1.54, 1.807) is 10.7 Å². The van der Waals surface area contributed by atoms with E-state index in [1.165, 1.54) is 0 Å². The normalized spacial score (nSPS) is 10.2. The summed E-state index contributed by atoms with van der Waals surface area (Å²) in [5.41, 5.74) is 3.45. The lowest BCUT2D eigenvalue weighted by Gasteiger charge is -2.12. The van der Waals surface area contributed by atoms with Crippen LogP contribution in [0.5, 0.6) is 0 Å². The first-order valence-corrected chi connectivity index (χ1v) is 7.77. The standard InChI is InChI=1S/C16H21N5OS/c1-11-6-4-5-7-13(11)19-16(23)18-9-8-17-15(22)14-10-12(2)21(3)20-14/h4-7,10H,8-9H2,1-3H3,(H,17,22)(H2,18,19,23). The maximum Gasteiger partial charge on any atom is 0.271 e. The smallest absolute Gasteiger partial charge is 0.271 e. The first-order valence-electron chi connectivity index (χ1n) is 7.36. The molecule has 1 amide bonds. The molecule has 122 valence electrons. The number of carbonyl (C=O) groups excluding carboxylic acids is 1. The number of anilines is 1. The van der Waals surface area contributed by atoms with E-state index in [0.717, 1.165) is 16.9 Å². The number of thiocarbonyl (C=S) groups is 1. The number of amides is 1. The summed E-state index contributed by atoms with van der Waals surface area (Å²) < 4.78 is 1.68. The molecule has 0 fully saturated rings. The van der Waals surface area contributed by atoms with Gasteiger partial charge in [-0.3, -0.25) is 9.48 Å². The summed E-state index contributed by atoms with van der Waals surface area (Å²) in [6.45, 7) is 4.92. The van der Waals surface area contributed by atoms with Gasteiger partial charge in [0.2, 0.25) is 0 Å². The Hall–Kier alpha value is -2.41. The number of rotatable bonds is 5. The first-order chi connectivity index (χ1) is 11.0. The number of para-hydroxylation sites is 1. The van der Waals surface area contributed by atoms with Gasteiger partial charge in [0.1, 0.15) is 5.69 Å². The number of nitrogens with one attached hydrogen (secondary N) is 3. The molecular weight excluding hydrogens is 310 g/mol. The van der Waals surface area contributed by atoms with Crippen LogP contribution in [0.15, 0.2) is 30.3 Å². The second-order valence-electron chi connectivity index (χ2n) is 5.25. The highest BCUT2D eigenvalue weighted by Gasteiger charge is 2.10. The molecule has 0 aliphatic carbocycles. The minimum Gasteiger partial charge on any atom is -0.361 e. The van der Waals surface area contributed by atoms with Crippen molar-refractivity contribution in [3.63, 3.8) is 0 Å². The minimum absolute atomic E-state index is 0.187. The van der Waals surface area contributed by atoms with Crippen LogP contribution in [0.25, 0.3) is 0 Å². The lowest BCUT2D eigenvalue weighted by molar-refractivity contribution is 0.0948. The van der Waals surface area contributed by atoms with Gasteiger partial charge in [-0.25, -0.2) is 0 Å². The van der Waals surface area contributed by atoms with Crippen LogP contribution in [0.4, 0.5) is 5.69 Å². The molecule has 0 aliphatic heterocycles. The average Bonchev–Trinajstić information content (AvgIpc) is 2.85. The lowest BCUT2D eigenvalue weighted by atomic mass is 10.2. The summed E-state index contributed by atoms with van der Waals surface area (Å²) >= 11 is 5.24. The number of nitrogens with zero attached hydrogens (tertiary/aromatic N) is 2. The van der Waals surface area contributed by atoms with E-state index in [0.29, 0.717) is 23.9 Å². The van der Waals surface area contributed by atoms with Gasteiger partial charge >= 0.3 is 0 Å². The summed E-state index contributed by atoms with van der Waals surface area (Å²) in [5.74, 6) is -0.187. The Labute approximate surface area is 141 Å². The Balaban J connectivity index is 1.72. The van der Waals surface area contributed by atoms with E-state index < -0.39 is 0 Å². The third kappa shape index (κ3) is 4.79. The van der Waals surface area contributed by atoms with E-state index in [4.69, 9.17) is 12.2 Å². The Morgan fingerprint density at radius 1 is 1.22 bits per heavy atom. The highest BCUT2D eigenvalue weighted by atomic mass is 32.1. The van der Waals surface area contributed by atoms with Crippen LogP contribution in [-0.2, 0) is 7.05 Å². The molecule has 0 saturated heterocycles. The van der Waals surface area contributed by atoms with Crippen LogP contribution in [0.3, 0.4) is 0 Å². The lowest BCUT2D eigenvalue weighted by Crippen LogP contribution is -2.36. The zero-order valence-electron chi connectivity index (χ0n) is 13.5. The van der Waals surface area contributed by atoms with Gasteiger partial charge in [0.05, 0.1) is 0 Å². The molecule has 0 radical (unpaired) electrons. The van der Waals surface area contributed by atoms with Crippen LogP contribution in [0, 0.1) is 13.8 Å². The number of aromatic nitrogens is 2. The van der Waals surface area contributed by atoms with Gasteiger partial charge < -0.3 is 16.0 Å². The van der Waals surface area contributed by atoms with Crippen molar-refractivity contribution >= 4 is 28.9 Å². The van der Waals surface area contributed by atoms with Crippen molar-refractivity contribution in [3.05, 3.63) is 47.3 Å². The molecule has 0 saturated carbocycles. The SMILES string of the molecule is Cc1ccccc1NC(=S)NCCNC(=O)c1cc(C)n(C)n1. The van der Waals surface area contributed by atoms with Crippen LogP contribution >= 0.6 is 12.2 Å². The predicted molar refractivity (Wildman–Crippen MR) is 95.7 cm³/mol. The quantitative estimate of drug-likeness (QED) is 0.575. The van der Waals surface area contributed by atoms with Gasteiger partial charge in [0, 0.05) is 31.5 Å². The van der Waals surface area contributed by atoms with Crippen molar-refractivity contribution in [1.82, 2.24) is 20.4 Å². The average molecular weight is 331 g/mol. The van der Waals surface area contributed by atoms with E-state index in [2.05, 4.69) is 21.0 Å². The summed E-state index contributed by atoms with van der Waals surface area (Å²) in [6, 6.07) is 9.67. The zero-order valence-corrected chi connectivity index (χ0v) is 14.3. The Morgan fingerprint density at radius 2 is 1.91 bits per heavy atom. The van der Waals surface area contributed by atoms with Crippen LogP contribution < -0.4 is 16.0 Å². The van der Waals surface area contributed by atoms with E-state index in [9.17, 15) is 4.79 Å². The molecule has 2 rings (SSSR count). The summed E-state index contributed by atoms with van der Waals surface area (Å²) in [7, 11) is 1.81. The minimum atomic E-state index is -0.187. The largest absolute Gasteiger partial charge is 0.361 e. The Morgan fingerprint density at radius 3 is 2.57 bits per heavy atom. The van der Waals surface area contributed by atoms with Crippen LogP contribution in [0.1, 0.15) is 21.7 Å². The topological polar surface area (TPSA) is 71.0 Å². The monoisotopic (exact) mass is 331 g/mol. The van der Waals surface area contributed by atoms with Crippen molar-refractivity contribution in [2.45, 2.75) is 13.8 Å². The maximum absolute atomic E-state index is 11.9. The molecule has 6 nitrogen and oxygen atoms in total. The third-order valence-electron chi connectivity index (χ3n) is 3.44. The second-order valence-corrected chi connectivity index (χ2v) is 5.65. The third-order valence-corrected chi connectivity index (χ3v) is 3.68. The molecule has 0 atom stereocenters. The Kier molecular flexibility index (Phi) is 5.70. The van der Waals surface area contributed by atoms with Gasteiger partial charge in [-0.1, -0.05) is 18.2 Å². The van der Waals surface area contributed by atoms with E-state index in [-0.39, 0.29) is 5.91 Å². The highest BCUT2D eigenvalue weighted by molar-refractivity contribution is 7.80. The molecular formula is C16H21N5OS. The van der Waals surface area contributed by atoms with Crippen LogP contribution in [0.2, 0.25) is 0 Å². The maximum atomic E-state index is 11.9. The van der Waals surface area contributed by atoms with Gasteiger partial charge in [-0.2, -0.15) is 5.10 Å². The second kappa shape index (κ2) is 7.73. The fraction of sp³-hybridized carbons (Fsp3) is 0.312. The van der Waals surface area contributed by atoms with E-state index in [1.807, 2.05) is 45.2 Å². The molecule has 0 spiro atoms. The van der Waals surface area contributed by atoms with Crippen molar-refractivity contribution in [2.24, 2.45) is 7.05 Å². The molecule has 1 aromatic heterocycles. The molecule has 0 unspecified atom stereocenters. The number of aryl methyl sites for hydroxylation is 3. The Bertz CT molecular complexity index is 691. The molecule has 3 N–H and O–H groups in total. The van der Waals surface area contributed by atoms with Gasteiger partial charge in [0.25, 0.3) is 5.91 Å². The predicted octanol–water partition coefficient (Wildman–Crippen LogP) is 1.75. The molecule has 7 heteroatoms. The number of hydrogen-bond acceptors (Lipinski definition) is 3. The van der Waals surface area contributed by atoms with Gasteiger partial charge in [-0.05, 0) is 43.8 Å². The van der Waals surface area contributed by atoms with Crippen molar-refractivity contribution in [1.29, 1.82) is 0 Å². The molecule has 23 heavy (non-hydrogen) atoms. The zero-order chi connectivity index (χ0) is 16.8. The molecule has 0 bridgehead atoms. The number of carbonyl (C=O) groups is 1. The fourth-order valence-corrected chi connectivity index (χ4v) is 2.21. The molecule has 0 aliphatic rings. The highest BCUT2D eigenvalue weighted by Crippen LogP contribution is 2.12.